The molecule has 1 aliphatic heterocycles. The van der Waals surface area contributed by atoms with Gasteiger partial charge in [0, 0.05) is 19.6 Å². The number of hydrogen-bond acceptors (Lipinski definition) is 2. The number of rotatable bonds is 6. The summed E-state index contributed by atoms with van der Waals surface area (Å²) in [5.74, 6) is 0.293. The molecule has 0 bridgehead atoms. The van der Waals surface area contributed by atoms with Crippen LogP contribution >= 0.6 is 0 Å². The molecular formula is C16H24N2O. The molecule has 0 radical (unpaired) electrons. The summed E-state index contributed by atoms with van der Waals surface area (Å²) in [6.07, 6.45) is 3.41. The summed E-state index contributed by atoms with van der Waals surface area (Å²) in [7, 11) is 0. The Balaban J connectivity index is 1.90. The molecule has 1 saturated heterocycles. The van der Waals surface area contributed by atoms with Crippen molar-refractivity contribution in [3.8, 4) is 0 Å². The number of nitrogens with zero attached hydrogens (tertiary/aromatic N) is 2. The third kappa shape index (κ3) is 4.35. The third-order valence-corrected chi connectivity index (χ3v) is 3.61. The van der Waals surface area contributed by atoms with E-state index in [1.54, 1.807) is 0 Å². The van der Waals surface area contributed by atoms with E-state index in [1.807, 2.05) is 11.0 Å². The first-order valence-corrected chi connectivity index (χ1v) is 7.33. The van der Waals surface area contributed by atoms with Crippen LogP contribution in [0, 0.1) is 0 Å². The normalized spacial score (nSPS) is 15.2. The van der Waals surface area contributed by atoms with Crippen LogP contribution in [0.25, 0.3) is 0 Å². The van der Waals surface area contributed by atoms with E-state index in [0.717, 1.165) is 45.4 Å². The van der Waals surface area contributed by atoms with Gasteiger partial charge in [0.2, 0.25) is 5.91 Å². The van der Waals surface area contributed by atoms with Crippen LogP contribution in [0.1, 0.15) is 31.7 Å². The first kappa shape index (κ1) is 14.1. The minimum Gasteiger partial charge on any atom is -0.342 e. The SMILES string of the molecule is CCCN(CC(=O)N1CCCC1)Cc1ccccc1. The summed E-state index contributed by atoms with van der Waals surface area (Å²) in [5, 5.41) is 0. The Labute approximate surface area is 116 Å². The third-order valence-electron chi connectivity index (χ3n) is 3.61. The topological polar surface area (TPSA) is 23.6 Å². The molecule has 0 aromatic heterocycles. The van der Waals surface area contributed by atoms with Gasteiger partial charge in [0.1, 0.15) is 0 Å². The molecule has 0 spiro atoms. The maximum Gasteiger partial charge on any atom is 0.236 e. The lowest BCUT2D eigenvalue weighted by Gasteiger charge is -2.24. The molecule has 1 aliphatic rings. The highest BCUT2D eigenvalue weighted by Gasteiger charge is 2.20. The standard InChI is InChI=1S/C16H24N2O/c1-2-10-17(13-15-8-4-3-5-9-15)14-16(19)18-11-6-7-12-18/h3-5,8-9H,2,6-7,10-14H2,1H3. The fourth-order valence-electron chi connectivity index (χ4n) is 2.63. The van der Waals surface area contributed by atoms with E-state index in [-0.39, 0.29) is 0 Å². The summed E-state index contributed by atoms with van der Waals surface area (Å²) < 4.78 is 0. The summed E-state index contributed by atoms with van der Waals surface area (Å²) in [5.41, 5.74) is 1.28. The lowest BCUT2D eigenvalue weighted by Crippen LogP contribution is -2.39. The zero-order valence-corrected chi connectivity index (χ0v) is 11.8. The van der Waals surface area contributed by atoms with Gasteiger partial charge < -0.3 is 4.90 Å². The van der Waals surface area contributed by atoms with Crippen molar-refractivity contribution in [1.29, 1.82) is 0 Å². The summed E-state index contributed by atoms with van der Waals surface area (Å²) >= 11 is 0. The second-order valence-electron chi connectivity index (χ2n) is 5.28. The highest BCUT2D eigenvalue weighted by atomic mass is 16.2. The van der Waals surface area contributed by atoms with Gasteiger partial charge in [-0.3, -0.25) is 9.69 Å². The van der Waals surface area contributed by atoms with Crippen molar-refractivity contribution in [2.45, 2.75) is 32.7 Å². The molecule has 0 saturated carbocycles. The lowest BCUT2D eigenvalue weighted by molar-refractivity contribution is -0.131. The van der Waals surface area contributed by atoms with Crippen molar-refractivity contribution in [1.82, 2.24) is 9.80 Å². The maximum atomic E-state index is 12.2. The van der Waals surface area contributed by atoms with Gasteiger partial charge in [-0.1, -0.05) is 37.3 Å². The highest BCUT2D eigenvalue weighted by molar-refractivity contribution is 5.78. The van der Waals surface area contributed by atoms with Gasteiger partial charge in [-0.25, -0.2) is 0 Å². The van der Waals surface area contributed by atoms with E-state index < -0.39 is 0 Å². The van der Waals surface area contributed by atoms with Crippen LogP contribution in [0.3, 0.4) is 0 Å². The molecule has 2 rings (SSSR count). The molecule has 1 fully saturated rings. The predicted octanol–water partition coefficient (Wildman–Crippen LogP) is 2.52. The second kappa shape index (κ2) is 7.29. The summed E-state index contributed by atoms with van der Waals surface area (Å²) in [4.78, 5) is 16.5. The quantitative estimate of drug-likeness (QED) is 0.784. The Morgan fingerprint density at radius 2 is 1.89 bits per heavy atom. The fraction of sp³-hybridized carbons (Fsp3) is 0.562. The molecular weight excluding hydrogens is 236 g/mol. The molecule has 0 aliphatic carbocycles. The van der Waals surface area contributed by atoms with Gasteiger partial charge in [0.15, 0.2) is 0 Å². The monoisotopic (exact) mass is 260 g/mol. The van der Waals surface area contributed by atoms with Crippen molar-refractivity contribution < 1.29 is 4.79 Å². The predicted molar refractivity (Wildman–Crippen MR) is 77.8 cm³/mol. The van der Waals surface area contributed by atoms with Crippen molar-refractivity contribution in [2.75, 3.05) is 26.2 Å². The highest BCUT2D eigenvalue weighted by Crippen LogP contribution is 2.10. The molecule has 3 heteroatoms. The Morgan fingerprint density at radius 3 is 2.53 bits per heavy atom. The van der Waals surface area contributed by atoms with Crippen LogP contribution in [0.2, 0.25) is 0 Å². The van der Waals surface area contributed by atoms with Gasteiger partial charge in [-0.2, -0.15) is 0 Å². The molecule has 1 aromatic carbocycles. The Hall–Kier alpha value is -1.35. The van der Waals surface area contributed by atoms with E-state index in [4.69, 9.17) is 0 Å². The van der Waals surface area contributed by atoms with E-state index in [2.05, 4.69) is 36.1 Å². The number of hydrogen-bond donors (Lipinski definition) is 0. The zero-order chi connectivity index (χ0) is 13.5. The summed E-state index contributed by atoms with van der Waals surface area (Å²) in [6, 6.07) is 10.4. The van der Waals surface area contributed by atoms with E-state index in [1.165, 1.54) is 5.56 Å². The van der Waals surface area contributed by atoms with Crippen molar-refractivity contribution in [2.24, 2.45) is 0 Å². The fourth-order valence-corrected chi connectivity index (χ4v) is 2.63. The van der Waals surface area contributed by atoms with Crippen LogP contribution < -0.4 is 0 Å². The van der Waals surface area contributed by atoms with Gasteiger partial charge in [-0.05, 0) is 31.4 Å². The Bertz CT molecular complexity index is 385. The molecule has 3 nitrogen and oxygen atoms in total. The number of benzene rings is 1. The average Bonchev–Trinajstić information content (AvgIpc) is 2.94. The average molecular weight is 260 g/mol. The van der Waals surface area contributed by atoms with Gasteiger partial charge in [-0.15, -0.1) is 0 Å². The van der Waals surface area contributed by atoms with E-state index in [9.17, 15) is 4.79 Å². The Kier molecular flexibility index (Phi) is 5.40. The van der Waals surface area contributed by atoms with Crippen molar-refractivity contribution in [3.63, 3.8) is 0 Å². The van der Waals surface area contributed by atoms with Crippen molar-refractivity contribution in [3.05, 3.63) is 35.9 Å². The van der Waals surface area contributed by atoms with Crippen molar-refractivity contribution >= 4 is 5.91 Å². The molecule has 0 atom stereocenters. The van der Waals surface area contributed by atoms with E-state index in [0.29, 0.717) is 12.5 Å². The minimum absolute atomic E-state index is 0.293. The first-order chi connectivity index (χ1) is 9.29. The molecule has 0 unspecified atom stereocenters. The number of carbonyl (C=O) groups excluding carboxylic acids is 1. The van der Waals surface area contributed by atoms with Gasteiger partial charge >= 0.3 is 0 Å². The maximum absolute atomic E-state index is 12.2. The molecule has 19 heavy (non-hydrogen) atoms. The first-order valence-electron chi connectivity index (χ1n) is 7.33. The Morgan fingerprint density at radius 1 is 1.21 bits per heavy atom. The van der Waals surface area contributed by atoms with E-state index >= 15 is 0 Å². The van der Waals surface area contributed by atoms with Crippen LogP contribution in [0.15, 0.2) is 30.3 Å². The van der Waals surface area contributed by atoms with Crippen LogP contribution in [0.4, 0.5) is 0 Å². The molecule has 1 heterocycles. The van der Waals surface area contributed by atoms with Crippen LogP contribution in [0.5, 0.6) is 0 Å². The number of amides is 1. The summed E-state index contributed by atoms with van der Waals surface area (Å²) in [6.45, 7) is 6.47. The largest absolute Gasteiger partial charge is 0.342 e. The van der Waals surface area contributed by atoms with Gasteiger partial charge in [0.05, 0.1) is 6.54 Å². The zero-order valence-electron chi connectivity index (χ0n) is 11.8. The second-order valence-corrected chi connectivity index (χ2v) is 5.28. The van der Waals surface area contributed by atoms with Crippen LogP contribution in [-0.4, -0.2) is 41.9 Å². The molecule has 1 amide bonds. The minimum atomic E-state index is 0.293. The lowest BCUT2D eigenvalue weighted by atomic mass is 10.2. The number of carbonyl (C=O) groups is 1. The molecule has 0 N–H and O–H groups in total. The van der Waals surface area contributed by atoms with Crippen LogP contribution in [-0.2, 0) is 11.3 Å². The smallest absolute Gasteiger partial charge is 0.236 e. The molecule has 1 aromatic rings. The van der Waals surface area contributed by atoms with Gasteiger partial charge in [0.25, 0.3) is 0 Å². The number of likely N-dealkylation sites (tertiary alicyclic amines) is 1. The molecule has 104 valence electrons.